The highest BCUT2D eigenvalue weighted by Crippen LogP contribution is 1.90. The minimum atomic E-state index is 0.593. The van der Waals surface area contributed by atoms with E-state index in [1.807, 2.05) is 0 Å². The number of nitrogens with zero attached hydrogens (tertiary/aromatic N) is 4. The molecule has 0 unspecified atom stereocenters. The van der Waals surface area contributed by atoms with Gasteiger partial charge in [-0.3, -0.25) is 0 Å². The Morgan fingerprint density at radius 3 is 3.08 bits per heavy atom. The summed E-state index contributed by atoms with van der Waals surface area (Å²) >= 11 is 0. The van der Waals surface area contributed by atoms with Crippen molar-refractivity contribution in [2.24, 2.45) is 0 Å². The molecule has 0 aliphatic carbocycles. The first-order valence-corrected chi connectivity index (χ1v) is 3.85. The molecule has 0 saturated heterocycles. The smallest absolute Gasteiger partial charge is 0.188 e. The van der Waals surface area contributed by atoms with E-state index in [4.69, 9.17) is 0 Å². The summed E-state index contributed by atoms with van der Waals surface area (Å²) in [4.78, 5) is 6.87. The van der Waals surface area contributed by atoms with E-state index in [1.54, 1.807) is 12.5 Å². The van der Waals surface area contributed by atoms with E-state index in [0.29, 0.717) is 18.9 Å². The number of rotatable bonds is 4. The molecule has 0 spiro atoms. The van der Waals surface area contributed by atoms with Crippen molar-refractivity contribution >= 4 is 0 Å². The first-order valence-electron chi connectivity index (χ1n) is 3.85. The van der Waals surface area contributed by atoms with Crippen LogP contribution in [0.3, 0.4) is 0 Å². The zero-order valence-corrected chi connectivity index (χ0v) is 6.86. The van der Waals surface area contributed by atoms with Crippen LogP contribution in [-0.2, 0) is 13.1 Å². The predicted molar refractivity (Wildman–Crippen MR) is 43.3 cm³/mol. The molecule has 13 heavy (non-hydrogen) atoms. The van der Waals surface area contributed by atoms with Crippen molar-refractivity contribution in [3.8, 4) is 0 Å². The first-order chi connectivity index (χ1) is 6.45. The number of hydrogen-bond acceptors (Lipinski definition) is 5. The van der Waals surface area contributed by atoms with Crippen molar-refractivity contribution in [2.45, 2.75) is 13.1 Å². The van der Waals surface area contributed by atoms with E-state index >= 15 is 0 Å². The average Bonchev–Trinajstić information content (AvgIpc) is 2.75. The SMILES string of the molecule is c1ncc(CNCc2nn[nH]n2)[nH]1. The fourth-order valence-corrected chi connectivity index (χ4v) is 0.948. The fraction of sp³-hybridized carbons (Fsp3) is 0.333. The molecule has 2 aromatic heterocycles. The average molecular weight is 179 g/mol. The number of aromatic nitrogens is 6. The summed E-state index contributed by atoms with van der Waals surface area (Å²) < 4.78 is 0. The standard InChI is InChI=1S/C6H9N7/c1(5-2-8-4-9-5)7-3-6-10-12-13-11-6/h2,4,7H,1,3H2,(H,8,9)(H,10,11,12,13). The molecule has 2 aromatic rings. The molecule has 0 aliphatic heterocycles. The maximum absolute atomic E-state index is 3.89. The molecule has 0 bridgehead atoms. The molecule has 0 aliphatic rings. The molecule has 2 heterocycles. The van der Waals surface area contributed by atoms with E-state index in [1.165, 1.54) is 0 Å². The van der Waals surface area contributed by atoms with Crippen LogP contribution in [0.4, 0.5) is 0 Å². The normalized spacial score (nSPS) is 10.5. The summed E-state index contributed by atoms with van der Waals surface area (Å²) in [5, 5.41) is 16.6. The van der Waals surface area contributed by atoms with Crippen LogP contribution in [0.25, 0.3) is 0 Å². The molecular weight excluding hydrogens is 170 g/mol. The van der Waals surface area contributed by atoms with Crippen molar-refractivity contribution in [3.63, 3.8) is 0 Å². The zero-order chi connectivity index (χ0) is 8.93. The number of tetrazole rings is 1. The van der Waals surface area contributed by atoms with Gasteiger partial charge >= 0.3 is 0 Å². The van der Waals surface area contributed by atoms with E-state index in [2.05, 4.69) is 35.9 Å². The highest BCUT2D eigenvalue weighted by atomic mass is 15.5. The van der Waals surface area contributed by atoms with Crippen LogP contribution in [0.1, 0.15) is 11.5 Å². The number of nitrogens with one attached hydrogen (secondary N) is 3. The Bertz CT molecular complexity index is 290. The largest absolute Gasteiger partial charge is 0.347 e. The molecule has 0 atom stereocenters. The molecule has 0 fully saturated rings. The lowest BCUT2D eigenvalue weighted by atomic mass is 10.4. The van der Waals surface area contributed by atoms with Gasteiger partial charge < -0.3 is 10.3 Å². The summed E-state index contributed by atoms with van der Waals surface area (Å²) in [5.74, 6) is 0.652. The lowest BCUT2D eigenvalue weighted by Crippen LogP contribution is -2.13. The van der Waals surface area contributed by atoms with Crippen LogP contribution in [0.5, 0.6) is 0 Å². The summed E-state index contributed by atoms with van der Waals surface area (Å²) in [6.45, 7) is 1.31. The second-order valence-electron chi connectivity index (χ2n) is 2.51. The van der Waals surface area contributed by atoms with Gasteiger partial charge in [-0.25, -0.2) is 4.98 Å². The second-order valence-corrected chi connectivity index (χ2v) is 2.51. The molecule has 7 nitrogen and oxygen atoms in total. The van der Waals surface area contributed by atoms with Crippen LogP contribution in [0.2, 0.25) is 0 Å². The Morgan fingerprint density at radius 1 is 1.38 bits per heavy atom. The molecular formula is C6H9N7. The highest BCUT2D eigenvalue weighted by Gasteiger charge is 1.97. The van der Waals surface area contributed by atoms with Gasteiger partial charge in [0.25, 0.3) is 0 Å². The maximum atomic E-state index is 3.89. The van der Waals surface area contributed by atoms with E-state index in [9.17, 15) is 0 Å². The number of hydrogen-bond donors (Lipinski definition) is 3. The Hall–Kier alpha value is -1.76. The number of imidazole rings is 1. The maximum Gasteiger partial charge on any atom is 0.188 e. The minimum absolute atomic E-state index is 0.593. The Kier molecular flexibility index (Phi) is 2.28. The number of H-pyrrole nitrogens is 2. The first kappa shape index (κ1) is 7.87. The van der Waals surface area contributed by atoms with Crippen LogP contribution in [0, 0.1) is 0 Å². The lowest BCUT2D eigenvalue weighted by molar-refractivity contribution is 0.655. The quantitative estimate of drug-likeness (QED) is 0.571. The fourth-order valence-electron chi connectivity index (χ4n) is 0.948. The van der Waals surface area contributed by atoms with E-state index in [-0.39, 0.29) is 0 Å². The summed E-state index contributed by atoms with van der Waals surface area (Å²) in [6.07, 6.45) is 3.41. The van der Waals surface area contributed by atoms with Crippen molar-refractivity contribution in [2.75, 3.05) is 0 Å². The van der Waals surface area contributed by atoms with E-state index in [0.717, 1.165) is 5.69 Å². The van der Waals surface area contributed by atoms with Crippen LogP contribution in [0.15, 0.2) is 12.5 Å². The van der Waals surface area contributed by atoms with Crippen molar-refractivity contribution < 1.29 is 0 Å². The van der Waals surface area contributed by atoms with E-state index < -0.39 is 0 Å². The van der Waals surface area contributed by atoms with Gasteiger partial charge in [0.1, 0.15) is 0 Å². The lowest BCUT2D eigenvalue weighted by Gasteiger charge is -1.97. The molecule has 7 heteroatoms. The zero-order valence-electron chi connectivity index (χ0n) is 6.86. The third-order valence-electron chi connectivity index (χ3n) is 1.54. The number of aromatic amines is 2. The third-order valence-corrected chi connectivity index (χ3v) is 1.54. The minimum Gasteiger partial charge on any atom is -0.347 e. The van der Waals surface area contributed by atoms with Gasteiger partial charge in [0, 0.05) is 18.4 Å². The van der Waals surface area contributed by atoms with Gasteiger partial charge in [0.15, 0.2) is 5.82 Å². The Labute approximate surface area is 74.0 Å². The molecule has 0 aromatic carbocycles. The summed E-state index contributed by atoms with van der Waals surface area (Å²) in [6, 6.07) is 0. The molecule has 3 N–H and O–H groups in total. The molecule has 68 valence electrons. The van der Waals surface area contributed by atoms with Crippen molar-refractivity contribution in [3.05, 3.63) is 24.0 Å². The Morgan fingerprint density at radius 2 is 2.38 bits per heavy atom. The van der Waals surface area contributed by atoms with Crippen LogP contribution < -0.4 is 5.32 Å². The van der Waals surface area contributed by atoms with Gasteiger partial charge in [-0.05, 0) is 0 Å². The van der Waals surface area contributed by atoms with Crippen LogP contribution in [-0.4, -0.2) is 30.6 Å². The van der Waals surface area contributed by atoms with Crippen molar-refractivity contribution in [1.82, 2.24) is 35.9 Å². The second kappa shape index (κ2) is 3.76. The molecule has 0 amide bonds. The Balaban J connectivity index is 1.76. The highest BCUT2D eigenvalue weighted by molar-refractivity contribution is 4.93. The van der Waals surface area contributed by atoms with Gasteiger partial charge in [-0.15, -0.1) is 10.2 Å². The van der Waals surface area contributed by atoms with Crippen molar-refractivity contribution in [1.29, 1.82) is 0 Å². The van der Waals surface area contributed by atoms with Gasteiger partial charge in [0.2, 0.25) is 0 Å². The van der Waals surface area contributed by atoms with Gasteiger partial charge in [0.05, 0.1) is 12.9 Å². The monoisotopic (exact) mass is 179 g/mol. The molecule has 2 rings (SSSR count). The summed E-state index contributed by atoms with van der Waals surface area (Å²) in [7, 11) is 0. The topological polar surface area (TPSA) is 95.2 Å². The summed E-state index contributed by atoms with van der Waals surface area (Å²) in [5.41, 5.74) is 1.03. The van der Waals surface area contributed by atoms with Gasteiger partial charge in [-0.2, -0.15) is 5.21 Å². The third kappa shape index (κ3) is 2.09. The van der Waals surface area contributed by atoms with Gasteiger partial charge in [-0.1, -0.05) is 5.21 Å². The predicted octanol–water partition coefficient (Wildman–Crippen LogP) is -0.787. The van der Waals surface area contributed by atoms with Crippen LogP contribution >= 0.6 is 0 Å². The molecule has 0 radical (unpaired) electrons. The molecule has 0 saturated carbocycles.